The molecule has 2 aromatic carbocycles. The van der Waals surface area contributed by atoms with Crippen LogP contribution in [0.25, 0.3) is 0 Å². The van der Waals surface area contributed by atoms with E-state index in [1.54, 1.807) is 41.3 Å². The second-order valence-corrected chi connectivity index (χ2v) is 6.99. The fourth-order valence-corrected chi connectivity index (χ4v) is 3.24. The van der Waals surface area contributed by atoms with Crippen LogP contribution in [-0.4, -0.2) is 35.8 Å². The number of amides is 2. The second kappa shape index (κ2) is 9.22. The van der Waals surface area contributed by atoms with E-state index in [1.807, 2.05) is 18.2 Å². The van der Waals surface area contributed by atoms with Crippen LogP contribution in [0.1, 0.15) is 17.5 Å². The monoisotopic (exact) mass is 411 g/mol. The molecule has 1 N–H and O–H groups in total. The van der Waals surface area contributed by atoms with Gasteiger partial charge in [0.1, 0.15) is 6.07 Å². The lowest BCUT2D eigenvalue weighted by atomic mass is 10.1. The van der Waals surface area contributed by atoms with Crippen LogP contribution in [0.15, 0.2) is 48.5 Å². The number of anilines is 1. The number of hydrogen-bond acceptors (Lipinski definition) is 5. The largest absolute Gasteiger partial charge is 0.455 e. The third-order valence-electron chi connectivity index (χ3n) is 4.53. The summed E-state index contributed by atoms with van der Waals surface area (Å²) in [7, 11) is 0. The zero-order valence-corrected chi connectivity index (χ0v) is 16.2. The van der Waals surface area contributed by atoms with E-state index in [1.165, 1.54) is 0 Å². The molecule has 7 nitrogen and oxygen atoms in total. The van der Waals surface area contributed by atoms with Gasteiger partial charge in [0.05, 0.1) is 17.2 Å². The van der Waals surface area contributed by atoms with Crippen LogP contribution in [0.4, 0.5) is 5.69 Å². The maximum absolute atomic E-state index is 12.3. The van der Waals surface area contributed by atoms with Crippen LogP contribution in [0.3, 0.4) is 0 Å². The van der Waals surface area contributed by atoms with Gasteiger partial charge in [-0.2, -0.15) is 5.26 Å². The molecule has 148 valence electrons. The van der Waals surface area contributed by atoms with Crippen molar-refractivity contribution in [3.63, 3.8) is 0 Å². The molecule has 0 unspecified atom stereocenters. The van der Waals surface area contributed by atoms with Gasteiger partial charge in [0.25, 0.3) is 5.91 Å². The topological polar surface area (TPSA) is 99.5 Å². The SMILES string of the molecule is N#Cc1ccccc1NC(=O)COC(=O)[C@H]1CC(=O)N(Cc2ccccc2Cl)C1. The van der Waals surface area contributed by atoms with Crippen molar-refractivity contribution in [2.75, 3.05) is 18.5 Å². The Balaban J connectivity index is 1.51. The Morgan fingerprint density at radius 3 is 2.69 bits per heavy atom. The van der Waals surface area contributed by atoms with Crippen molar-refractivity contribution in [1.82, 2.24) is 4.90 Å². The number of para-hydroxylation sites is 1. The minimum atomic E-state index is -0.635. The number of carbonyl (C=O) groups is 3. The quantitative estimate of drug-likeness (QED) is 0.737. The molecule has 0 radical (unpaired) electrons. The van der Waals surface area contributed by atoms with Crippen molar-refractivity contribution < 1.29 is 19.1 Å². The standard InChI is InChI=1S/C21H18ClN3O4/c22-17-7-3-1-6-15(17)11-25-12-16(9-20(25)27)21(28)29-13-19(26)24-18-8-4-2-5-14(18)10-23/h1-8,16H,9,11-13H2,(H,24,26)/t16-/m0/s1. The first-order chi connectivity index (χ1) is 14.0. The van der Waals surface area contributed by atoms with Crippen LogP contribution in [0, 0.1) is 17.2 Å². The van der Waals surface area contributed by atoms with Gasteiger partial charge in [-0.05, 0) is 23.8 Å². The predicted octanol–water partition coefficient (Wildman–Crippen LogP) is 2.74. The zero-order chi connectivity index (χ0) is 20.8. The number of rotatable bonds is 6. The molecule has 1 atom stereocenters. The minimum Gasteiger partial charge on any atom is -0.455 e. The first-order valence-electron chi connectivity index (χ1n) is 8.94. The first-order valence-corrected chi connectivity index (χ1v) is 9.32. The van der Waals surface area contributed by atoms with Crippen LogP contribution >= 0.6 is 11.6 Å². The van der Waals surface area contributed by atoms with Crippen molar-refractivity contribution in [3.8, 4) is 6.07 Å². The third kappa shape index (κ3) is 5.12. The first kappa shape index (κ1) is 20.4. The molecule has 0 bridgehead atoms. The van der Waals surface area contributed by atoms with E-state index in [4.69, 9.17) is 21.6 Å². The number of likely N-dealkylation sites (tertiary alicyclic amines) is 1. The zero-order valence-electron chi connectivity index (χ0n) is 15.4. The molecular weight excluding hydrogens is 394 g/mol. The van der Waals surface area contributed by atoms with Crippen LogP contribution in [-0.2, 0) is 25.7 Å². The molecule has 1 fully saturated rings. The summed E-state index contributed by atoms with van der Waals surface area (Å²) < 4.78 is 5.07. The van der Waals surface area contributed by atoms with Crippen molar-refractivity contribution in [2.24, 2.45) is 5.92 Å². The molecule has 2 aromatic rings. The number of halogens is 1. The number of hydrogen-bond donors (Lipinski definition) is 1. The summed E-state index contributed by atoms with van der Waals surface area (Å²) in [5, 5.41) is 12.1. The average Bonchev–Trinajstić information content (AvgIpc) is 3.09. The molecule has 29 heavy (non-hydrogen) atoms. The third-order valence-corrected chi connectivity index (χ3v) is 4.90. The molecule has 0 spiro atoms. The van der Waals surface area contributed by atoms with Gasteiger partial charge in [0, 0.05) is 24.5 Å². The Morgan fingerprint density at radius 2 is 1.93 bits per heavy atom. The number of nitriles is 1. The van der Waals surface area contributed by atoms with Gasteiger partial charge in [-0.15, -0.1) is 0 Å². The van der Waals surface area contributed by atoms with E-state index in [0.717, 1.165) is 5.56 Å². The van der Waals surface area contributed by atoms with Gasteiger partial charge in [-0.3, -0.25) is 14.4 Å². The number of carbonyl (C=O) groups excluding carboxylic acids is 3. The summed E-state index contributed by atoms with van der Waals surface area (Å²) >= 11 is 6.13. The highest BCUT2D eigenvalue weighted by molar-refractivity contribution is 6.31. The van der Waals surface area contributed by atoms with E-state index in [0.29, 0.717) is 22.8 Å². The molecular formula is C21H18ClN3O4. The highest BCUT2D eigenvalue weighted by Gasteiger charge is 2.35. The van der Waals surface area contributed by atoms with E-state index in [2.05, 4.69) is 5.32 Å². The van der Waals surface area contributed by atoms with E-state index in [9.17, 15) is 14.4 Å². The van der Waals surface area contributed by atoms with Gasteiger partial charge in [0.15, 0.2) is 6.61 Å². The number of nitrogens with one attached hydrogen (secondary N) is 1. The Hall–Kier alpha value is -3.37. The summed E-state index contributed by atoms with van der Waals surface area (Å²) in [5.74, 6) is -1.97. The van der Waals surface area contributed by atoms with Crippen molar-refractivity contribution >= 4 is 35.1 Å². The Bertz CT molecular complexity index is 986. The molecule has 0 aliphatic carbocycles. The summed E-state index contributed by atoms with van der Waals surface area (Å²) in [6.45, 7) is 0.0310. The van der Waals surface area contributed by atoms with Gasteiger partial charge < -0.3 is 15.0 Å². The van der Waals surface area contributed by atoms with Gasteiger partial charge in [-0.25, -0.2) is 0 Å². The summed E-state index contributed by atoms with van der Waals surface area (Å²) in [6.07, 6.45) is 0.0299. The fraction of sp³-hybridized carbons (Fsp3) is 0.238. The lowest BCUT2D eigenvalue weighted by Gasteiger charge is -2.17. The van der Waals surface area contributed by atoms with Crippen molar-refractivity contribution in [1.29, 1.82) is 5.26 Å². The number of ether oxygens (including phenoxy) is 1. The molecule has 1 aliphatic heterocycles. The van der Waals surface area contributed by atoms with Gasteiger partial charge in [-0.1, -0.05) is 41.9 Å². The molecule has 0 saturated carbocycles. The highest BCUT2D eigenvalue weighted by atomic mass is 35.5. The van der Waals surface area contributed by atoms with Crippen LogP contribution in [0.2, 0.25) is 5.02 Å². The molecule has 2 amide bonds. The highest BCUT2D eigenvalue weighted by Crippen LogP contribution is 2.24. The normalized spacial score (nSPS) is 15.7. The Labute approximate surface area is 172 Å². The smallest absolute Gasteiger partial charge is 0.311 e. The second-order valence-electron chi connectivity index (χ2n) is 6.58. The van der Waals surface area contributed by atoms with Crippen LogP contribution in [0.5, 0.6) is 0 Å². The van der Waals surface area contributed by atoms with Gasteiger partial charge >= 0.3 is 5.97 Å². The molecule has 1 aliphatic rings. The lowest BCUT2D eigenvalue weighted by molar-refractivity contribution is -0.151. The maximum Gasteiger partial charge on any atom is 0.311 e. The molecule has 1 heterocycles. The summed E-state index contributed by atoms with van der Waals surface area (Å²) in [6, 6.07) is 15.7. The number of benzene rings is 2. The maximum atomic E-state index is 12.3. The summed E-state index contributed by atoms with van der Waals surface area (Å²) in [4.78, 5) is 38.1. The summed E-state index contributed by atoms with van der Waals surface area (Å²) in [5.41, 5.74) is 1.45. The Morgan fingerprint density at radius 1 is 1.21 bits per heavy atom. The number of nitrogens with zero attached hydrogens (tertiary/aromatic N) is 2. The fourth-order valence-electron chi connectivity index (χ4n) is 3.05. The van der Waals surface area contributed by atoms with Gasteiger partial charge in [0.2, 0.25) is 5.91 Å². The van der Waals surface area contributed by atoms with E-state index < -0.39 is 24.4 Å². The predicted molar refractivity (Wildman–Crippen MR) is 106 cm³/mol. The molecule has 0 aromatic heterocycles. The molecule has 8 heteroatoms. The lowest BCUT2D eigenvalue weighted by Crippen LogP contribution is -2.28. The number of esters is 1. The Kier molecular flexibility index (Phi) is 6.47. The molecule has 3 rings (SSSR count). The minimum absolute atomic E-state index is 0.0299. The van der Waals surface area contributed by atoms with E-state index in [-0.39, 0.29) is 18.9 Å². The van der Waals surface area contributed by atoms with Crippen LogP contribution < -0.4 is 5.32 Å². The van der Waals surface area contributed by atoms with Crippen molar-refractivity contribution in [2.45, 2.75) is 13.0 Å². The van der Waals surface area contributed by atoms with Crippen molar-refractivity contribution in [3.05, 3.63) is 64.7 Å². The molecule has 1 saturated heterocycles. The van der Waals surface area contributed by atoms with E-state index >= 15 is 0 Å². The average molecular weight is 412 g/mol.